The Labute approximate surface area is 112 Å². The van der Waals surface area contributed by atoms with Crippen molar-refractivity contribution in [1.82, 2.24) is 5.32 Å². The van der Waals surface area contributed by atoms with Gasteiger partial charge in [0.2, 0.25) is 0 Å². The van der Waals surface area contributed by atoms with Crippen LogP contribution in [0.4, 0.5) is 26.3 Å². The van der Waals surface area contributed by atoms with Crippen LogP contribution in [0.25, 0.3) is 0 Å². The second-order valence-electron chi connectivity index (χ2n) is 5.33. The summed E-state index contributed by atoms with van der Waals surface area (Å²) < 4.78 is 75.8. The van der Waals surface area contributed by atoms with E-state index in [0.29, 0.717) is 0 Å². The molecule has 0 unspecified atom stereocenters. The predicted molar refractivity (Wildman–Crippen MR) is 60.9 cm³/mol. The first-order chi connectivity index (χ1) is 9.00. The number of hydrogen-bond donors (Lipinski definition) is 1. The van der Waals surface area contributed by atoms with E-state index < -0.39 is 23.5 Å². The van der Waals surface area contributed by atoms with Crippen LogP contribution in [0.1, 0.15) is 36.5 Å². The molecule has 0 heterocycles. The van der Waals surface area contributed by atoms with Gasteiger partial charge in [-0.1, -0.05) is 0 Å². The van der Waals surface area contributed by atoms with E-state index in [9.17, 15) is 26.3 Å². The Morgan fingerprint density at radius 3 is 1.75 bits per heavy atom. The molecule has 1 saturated carbocycles. The van der Waals surface area contributed by atoms with Crippen LogP contribution in [0.15, 0.2) is 18.2 Å². The minimum Gasteiger partial charge on any atom is -0.307 e. The van der Waals surface area contributed by atoms with Gasteiger partial charge in [-0.3, -0.25) is 0 Å². The van der Waals surface area contributed by atoms with Crippen LogP contribution in [0.5, 0.6) is 0 Å². The second kappa shape index (κ2) is 4.65. The summed E-state index contributed by atoms with van der Waals surface area (Å²) in [6, 6.07) is 1.66. The zero-order valence-corrected chi connectivity index (χ0v) is 10.6. The summed E-state index contributed by atoms with van der Waals surface area (Å²) in [6.45, 7) is 1.87. The van der Waals surface area contributed by atoms with E-state index in [0.717, 1.165) is 25.0 Å². The first-order valence-electron chi connectivity index (χ1n) is 6.03. The lowest BCUT2D eigenvalue weighted by Crippen LogP contribution is -2.27. The highest BCUT2D eigenvalue weighted by atomic mass is 19.4. The highest BCUT2D eigenvalue weighted by molar-refractivity contribution is 5.33. The molecular weight excluding hydrogens is 284 g/mol. The molecule has 1 aliphatic carbocycles. The van der Waals surface area contributed by atoms with Gasteiger partial charge in [-0.15, -0.1) is 0 Å². The molecule has 112 valence electrons. The van der Waals surface area contributed by atoms with Crippen molar-refractivity contribution in [3.63, 3.8) is 0 Å². The number of alkyl halides is 6. The molecule has 1 aliphatic rings. The zero-order valence-electron chi connectivity index (χ0n) is 10.6. The molecule has 0 aliphatic heterocycles. The minimum atomic E-state index is -4.79. The van der Waals surface area contributed by atoms with Crippen LogP contribution in [0.2, 0.25) is 0 Å². The topological polar surface area (TPSA) is 12.0 Å². The number of hydrogen-bond acceptors (Lipinski definition) is 1. The summed E-state index contributed by atoms with van der Waals surface area (Å²) >= 11 is 0. The fourth-order valence-corrected chi connectivity index (χ4v) is 1.80. The van der Waals surface area contributed by atoms with Crippen LogP contribution in [0.3, 0.4) is 0 Å². The summed E-state index contributed by atoms with van der Waals surface area (Å²) in [4.78, 5) is 0. The van der Waals surface area contributed by atoms with Crippen molar-refractivity contribution in [2.24, 2.45) is 0 Å². The third kappa shape index (κ3) is 3.65. The molecule has 1 fully saturated rings. The quantitative estimate of drug-likeness (QED) is 0.817. The van der Waals surface area contributed by atoms with Crippen LogP contribution in [-0.2, 0) is 18.9 Å². The van der Waals surface area contributed by atoms with E-state index >= 15 is 0 Å². The van der Waals surface area contributed by atoms with Gasteiger partial charge in [-0.05, 0) is 43.5 Å². The van der Waals surface area contributed by atoms with E-state index in [1.807, 2.05) is 6.92 Å². The Morgan fingerprint density at radius 2 is 1.40 bits per heavy atom. The van der Waals surface area contributed by atoms with Gasteiger partial charge in [-0.2, -0.15) is 26.3 Å². The molecule has 1 aromatic rings. The van der Waals surface area contributed by atoms with Crippen molar-refractivity contribution < 1.29 is 26.3 Å². The molecule has 2 rings (SSSR count). The summed E-state index contributed by atoms with van der Waals surface area (Å²) in [5, 5.41) is 2.97. The van der Waals surface area contributed by atoms with Gasteiger partial charge in [0.1, 0.15) is 0 Å². The summed E-state index contributed by atoms with van der Waals surface area (Å²) in [6.07, 6.45) is -7.84. The standard InChI is InChI=1S/C13H13F6N/c1-11(2-3-11)20-7-8-4-9(12(14,15)16)6-10(5-8)13(17,18)19/h4-6,20H,2-3,7H2,1H3. The first kappa shape index (κ1) is 15.2. The Balaban J connectivity index is 2.30. The highest BCUT2D eigenvalue weighted by Crippen LogP contribution is 2.37. The Kier molecular flexibility index (Phi) is 3.52. The van der Waals surface area contributed by atoms with Gasteiger partial charge in [0.25, 0.3) is 0 Å². The van der Waals surface area contributed by atoms with Gasteiger partial charge in [-0.25, -0.2) is 0 Å². The Bertz CT molecular complexity index is 466. The van der Waals surface area contributed by atoms with Crippen LogP contribution in [-0.4, -0.2) is 5.54 Å². The average Bonchev–Trinajstić information content (AvgIpc) is 3.03. The van der Waals surface area contributed by atoms with E-state index in [1.165, 1.54) is 0 Å². The highest BCUT2D eigenvalue weighted by Gasteiger charge is 2.38. The van der Waals surface area contributed by atoms with Gasteiger partial charge in [0.05, 0.1) is 11.1 Å². The van der Waals surface area contributed by atoms with E-state index in [-0.39, 0.29) is 23.7 Å². The lowest BCUT2D eigenvalue weighted by molar-refractivity contribution is -0.143. The third-order valence-electron chi connectivity index (χ3n) is 3.37. The second-order valence-corrected chi connectivity index (χ2v) is 5.33. The Hall–Kier alpha value is -1.24. The van der Waals surface area contributed by atoms with Crippen molar-refractivity contribution >= 4 is 0 Å². The van der Waals surface area contributed by atoms with E-state index in [2.05, 4.69) is 5.32 Å². The largest absolute Gasteiger partial charge is 0.416 e. The smallest absolute Gasteiger partial charge is 0.307 e. The van der Waals surface area contributed by atoms with Gasteiger partial charge < -0.3 is 5.32 Å². The fraction of sp³-hybridized carbons (Fsp3) is 0.538. The van der Waals surface area contributed by atoms with Gasteiger partial charge in [0.15, 0.2) is 0 Å². The molecule has 0 saturated heterocycles. The maximum Gasteiger partial charge on any atom is 0.416 e. The molecule has 1 aromatic carbocycles. The minimum absolute atomic E-state index is 0.0104. The van der Waals surface area contributed by atoms with E-state index in [4.69, 9.17) is 0 Å². The van der Waals surface area contributed by atoms with Crippen molar-refractivity contribution in [3.05, 3.63) is 34.9 Å². The van der Waals surface area contributed by atoms with Crippen molar-refractivity contribution in [1.29, 1.82) is 0 Å². The number of halogens is 6. The molecule has 0 aromatic heterocycles. The number of rotatable bonds is 3. The molecular formula is C13H13F6N. The summed E-state index contributed by atoms with van der Waals surface area (Å²) in [5.74, 6) is 0. The lowest BCUT2D eigenvalue weighted by Gasteiger charge is -2.16. The summed E-state index contributed by atoms with van der Waals surface area (Å²) in [5.41, 5.74) is -2.72. The van der Waals surface area contributed by atoms with Crippen molar-refractivity contribution in [3.8, 4) is 0 Å². The average molecular weight is 297 g/mol. The normalized spacial score (nSPS) is 18.1. The zero-order chi connectivity index (χ0) is 15.2. The Morgan fingerprint density at radius 1 is 0.950 bits per heavy atom. The molecule has 1 nitrogen and oxygen atoms in total. The molecule has 20 heavy (non-hydrogen) atoms. The molecule has 0 radical (unpaired) electrons. The van der Waals surface area contributed by atoms with Crippen molar-refractivity contribution in [2.75, 3.05) is 0 Å². The van der Waals surface area contributed by atoms with E-state index in [1.54, 1.807) is 0 Å². The monoisotopic (exact) mass is 297 g/mol. The predicted octanol–water partition coefficient (Wildman–Crippen LogP) is 4.37. The molecule has 0 spiro atoms. The molecule has 1 N–H and O–H groups in total. The number of benzene rings is 1. The first-order valence-corrected chi connectivity index (χ1v) is 6.03. The molecule has 0 amide bonds. The maximum atomic E-state index is 12.6. The molecule has 0 atom stereocenters. The van der Waals surface area contributed by atoms with Crippen LogP contribution in [0, 0.1) is 0 Å². The molecule has 7 heteroatoms. The van der Waals surface area contributed by atoms with Crippen LogP contribution >= 0.6 is 0 Å². The lowest BCUT2D eigenvalue weighted by atomic mass is 10.0. The SMILES string of the molecule is CC1(NCc2cc(C(F)(F)F)cc(C(F)(F)F)c2)CC1. The summed E-state index contributed by atoms with van der Waals surface area (Å²) in [7, 11) is 0. The molecule has 0 bridgehead atoms. The number of nitrogens with one attached hydrogen (secondary N) is 1. The third-order valence-corrected chi connectivity index (χ3v) is 3.37. The van der Waals surface area contributed by atoms with Crippen LogP contribution < -0.4 is 5.32 Å². The maximum absolute atomic E-state index is 12.6. The van der Waals surface area contributed by atoms with Gasteiger partial charge in [0, 0.05) is 12.1 Å². The van der Waals surface area contributed by atoms with Gasteiger partial charge >= 0.3 is 12.4 Å². The van der Waals surface area contributed by atoms with Crippen molar-refractivity contribution in [2.45, 2.75) is 44.2 Å². The fourth-order valence-electron chi connectivity index (χ4n) is 1.80.